The smallest absolute Gasteiger partial charge is 0.340 e. The van der Waals surface area contributed by atoms with E-state index in [2.05, 4.69) is 31.2 Å². The van der Waals surface area contributed by atoms with Crippen molar-refractivity contribution in [3.63, 3.8) is 0 Å². The highest BCUT2D eigenvalue weighted by atomic mass is 19.1. The summed E-state index contributed by atoms with van der Waals surface area (Å²) in [6, 6.07) is 13.7. The first-order valence-electron chi connectivity index (χ1n) is 17.4. The lowest BCUT2D eigenvalue weighted by atomic mass is 9.83. The Balaban J connectivity index is 1.31. The average molecular weight is 599 g/mol. The van der Waals surface area contributed by atoms with Gasteiger partial charge in [-0.2, -0.15) is 0 Å². The molecule has 0 aliphatic heterocycles. The van der Waals surface area contributed by atoms with Crippen molar-refractivity contribution in [3.8, 4) is 16.9 Å². The summed E-state index contributed by atoms with van der Waals surface area (Å²) in [4.78, 5) is 12.0. The molecule has 0 unspecified atom stereocenters. The molecule has 3 nitrogen and oxygen atoms in total. The summed E-state index contributed by atoms with van der Waals surface area (Å²) >= 11 is 0. The number of esters is 1. The first-order valence-corrected chi connectivity index (χ1v) is 17.4. The number of carbonyl (C=O) groups is 1. The second kappa shape index (κ2) is 20.5. The van der Waals surface area contributed by atoms with Gasteiger partial charge in [0.25, 0.3) is 0 Å². The van der Waals surface area contributed by atoms with E-state index >= 15 is 0 Å². The molecule has 0 heterocycles. The molecular formula is C38H56F2O3. The van der Waals surface area contributed by atoms with Gasteiger partial charge in [-0.1, -0.05) is 115 Å². The van der Waals surface area contributed by atoms with E-state index in [0.717, 1.165) is 68.9 Å². The lowest BCUT2D eigenvalue weighted by molar-refractivity contribution is -0.157. The zero-order valence-corrected chi connectivity index (χ0v) is 26.9. The van der Waals surface area contributed by atoms with E-state index in [4.69, 9.17) is 9.47 Å². The number of ether oxygens (including phenoxy) is 2. The van der Waals surface area contributed by atoms with Crippen LogP contribution >= 0.6 is 0 Å². The number of unbranched alkanes of at least 4 members (excludes halogenated alkanes) is 10. The number of hydrogen-bond donors (Lipinski definition) is 0. The number of alkyl halides is 1. The van der Waals surface area contributed by atoms with Gasteiger partial charge >= 0.3 is 5.97 Å². The van der Waals surface area contributed by atoms with Gasteiger partial charge in [0.1, 0.15) is 6.10 Å². The van der Waals surface area contributed by atoms with Crippen molar-refractivity contribution in [2.45, 2.75) is 148 Å². The molecule has 1 atom stereocenters. The molecular weight excluding hydrogens is 542 g/mol. The summed E-state index contributed by atoms with van der Waals surface area (Å²) in [5, 5.41) is 0. The molecule has 1 aliphatic carbocycles. The number of halogens is 2. The Bertz CT molecular complexity index is 1030. The van der Waals surface area contributed by atoms with Crippen LogP contribution in [0.2, 0.25) is 0 Å². The van der Waals surface area contributed by atoms with Crippen molar-refractivity contribution in [1.29, 1.82) is 0 Å². The van der Waals surface area contributed by atoms with Crippen LogP contribution in [0.1, 0.15) is 135 Å². The summed E-state index contributed by atoms with van der Waals surface area (Å²) in [6.45, 7) is 4.80. The maximum atomic E-state index is 14.8. The van der Waals surface area contributed by atoms with Crippen LogP contribution in [-0.2, 0) is 16.0 Å². The van der Waals surface area contributed by atoms with E-state index in [-0.39, 0.29) is 18.3 Å². The molecule has 1 aliphatic rings. The molecule has 240 valence electrons. The van der Waals surface area contributed by atoms with Crippen molar-refractivity contribution in [3.05, 3.63) is 53.8 Å². The standard InChI is InChI=1S/C38H56F2O3/c1-3-5-7-8-9-10-11-12-13-14-28-42-37-27-24-33(29-36(37)40)32-22-18-30(19-23-32)16-17-31-20-25-34(26-21-31)43-38(41)35(39)15-6-4-2/h18-19,22-24,27,29,31,34-35H,3-17,20-21,25-26,28H2,1-2H3/t31-,34-,35-/m0/s1. The highest BCUT2D eigenvalue weighted by Gasteiger charge is 2.27. The van der Waals surface area contributed by atoms with Gasteiger partial charge in [-0.15, -0.1) is 0 Å². The van der Waals surface area contributed by atoms with Gasteiger partial charge in [-0.05, 0) is 86.1 Å². The number of hydrogen-bond acceptors (Lipinski definition) is 3. The topological polar surface area (TPSA) is 35.5 Å². The highest BCUT2D eigenvalue weighted by molar-refractivity contribution is 5.74. The summed E-state index contributed by atoms with van der Waals surface area (Å²) in [7, 11) is 0. The van der Waals surface area contributed by atoms with Crippen LogP contribution in [0.3, 0.4) is 0 Å². The second-order valence-electron chi connectivity index (χ2n) is 12.6. The van der Waals surface area contributed by atoms with Crippen LogP contribution in [0, 0.1) is 11.7 Å². The molecule has 2 aromatic rings. The van der Waals surface area contributed by atoms with Gasteiger partial charge in [-0.25, -0.2) is 13.6 Å². The number of aryl methyl sites for hydroxylation is 1. The fourth-order valence-corrected chi connectivity index (χ4v) is 6.08. The minimum absolute atomic E-state index is 0.139. The summed E-state index contributed by atoms with van der Waals surface area (Å²) in [5.74, 6) is -0.0547. The zero-order chi connectivity index (χ0) is 30.7. The predicted octanol–water partition coefficient (Wildman–Crippen LogP) is 11.4. The maximum absolute atomic E-state index is 14.8. The van der Waals surface area contributed by atoms with E-state index in [0.29, 0.717) is 24.7 Å². The van der Waals surface area contributed by atoms with Crippen LogP contribution in [0.25, 0.3) is 11.1 Å². The van der Waals surface area contributed by atoms with Gasteiger partial charge in [0.05, 0.1) is 6.61 Å². The van der Waals surface area contributed by atoms with Gasteiger partial charge in [-0.3, -0.25) is 0 Å². The lowest BCUT2D eigenvalue weighted by Gasteiger charge is -2.28. The summed E-state index contributed by atoms with van der Waals surface area (Å²) in [5.41, 5.74) is 3.12. The molecule has 0 saturated heterocycles. The third-order valence-electron chi connectivity index (χ3n) is 8.96. The molecule has 3 rings (SSSR count). The Morgan fingerprint density at radius 2 is 1.40 bits per heavy atom. The van der Waals surface area contributed by atoms with E-state index in [1.807, 2.05) is 13.0 Å². The maximum Gasteiger partial charge on any atom is 0.340 e. The highest BCUT2D eigenvalue weighted by Crippen LogP contribution is 2.31. The van der Waals surface area contributed by atoms with Gasteiger partial charge < -0.3 is 9.47 Å². The molecule has 0 bridgehead atoms. The van der Waals surface area contributed by atoms with E-state index in [9.17, 15) is 13.6 Å². The Morgan fingerprint density at radius 1 is 0.791 bits per heavy atom. The van der Waals surface area contributed by atoms with Crippen LogP contribution < -0.4 is 4.74 Å². The molecule has 0 radical (unpaired) electrons. The van der Waals surface area contributed by atoms with Gasteiger partial charge in [0.15, 0.2) is 17.7 Å². The summed E-state index contributed by atoms with van der Waals surface area (Å²) < 4.78 is 39.9. The van der Waals surface area contributed by atoms with Gasteiger partial charge in [0.2, 0.25) is 0 Å². The van der Waals surface area contributed by atoms with Crippen LogP contribution in [0.5, 0.6) is 5.75 Å². The Kier molecular flexibility index (Phi) is 16.7. The largest absolute Gasteiger partial charge is 0.491 e. The molecule has 0 amide bonds. The molecule has 0 spiro atoms. The van der Waals surface area contributed by atoms with Crippen LogP contribution in [0.4, 0.5) is 8.78 Å². The van der Waals surface area contributed by atoms with Crippen LogP contribution in [-0.4, -0.2) is 24.9 Å². The second-order valence-corrected chi connectivity index (χ2v) is 12.6. The Labute approximate surface area is 260 Å². The molecule has 0 N–H and O–H groups in total. The average Bonchev–Trinajstić information content (AvgIpc) is 3.03. The molecule has 2 aromatic carbocycles. The monoisotopic (exact) mass is 598 g/mol. The third-order valence-corrected chi connectivity index (χ3v) is 8.96. The minimum atomic E-state index is -1.48. The molecule has 43 heavy (non-hydrogen) atoms. The number of benzene rings is 2. The normalized spacial score (nSPS) is 17.5. The van der Waals surface area contributed by atoms with E-state index in [1.165, 1.54) is 56.9 Å². The summed E-state index contributed by atoms with van der Waals surface area (Å²) in [6.07, 6.45) is 18.6. The van der Waals surface area contributed by atoms with Crippen molar-refractivity contribution in [2.24, 2.45) is 5.92 Å². The number of rotatable bonds is 21. The minimum Gasteiger partial charge on any atom is -0.491 e. The predicted molar refractivity (Wildman–Crippen MR) is 174 cm³/mol. The Morgan fingerprint density at radius 3 is 2.02 bits per heavy atom. The number of carbonyl (C=O) groups excluding carboxylic acids is 1. The molecule has 1 fully saturated rings. The molecule has 1 saturated carbocycles. The van der Waals surface area contributed by atoms with Crippen molar-refractivity contribution >= 4 is 5.97 Å². The molecule has 0 aromatic heterocycles. The van der Waals surface area contributed by atoms with E-state index in [1.54, 1.807) is 12.1 Å². The van der Waals surface area contributed by atoms with Crippen molar-refractivity contribution < 1.29 is 23.0 Å². The Hall–Kier alpha value is -2.43. The van der Waals surface area contributed by atoms with Crippen LogP contribution in [0.15, 0.2) is 42.5 Å². The van der Waals surface area contributed by atoms with Crippen molar-refractivity contribution in [2.75, 3.05) is 6.61 Å². The first kappa shape index (κ1) is 35.1. The quantitative estimate of drug-likeness (QED) is 0.106. The van der Waals surface area contributed by atoms with Crippen molar-refractivity contribution in [1.82, 2.24) is 0 Å². The van der Waals surface area contributed by atoms with Gasteiger partial charge in [0, 0.05) is 0 Å². The SMILES string of the molecule is CCCCCCCCCCCCOc1ccc(-c2ccc(CC[C@H]3CC[C@H](OC(=O)[C@@H](F)CCCC)CC3)cc2)cc1F. The van der Waals surface area contributed by atoms with E-state index < -0.39 is 12.1 Å². The zero-order valence-electron chi connectivity index (χ0n) is 26.9. The first-order chi connectivity index (χ1) is 21.0. The third kappa shape index (κ3) is 13.4. The fourth-order valence-electron chi connectivity index (χ4n) is 6.08. The molecule has 5 heteroatoms. The fraction of sp³-hybridized carbons (Fsp3) is 0.658. The lowest BCUT2D eigenvalue weighted by Crippen LogP contribution is -2.29.